The van der Waals surface area contributed by atoms with Crippen molar-refractivity contribution in [3.8, 4) is 5.75 Å². The Labute approximate surface area is 134 Å². The van der Waals surface area contributed by atoms with Crippen molar-refractivity contribution in [1.29, 1.82) is 5.41 Å². The summed E-state index contributed by atoms with van der Waals surface area (Å²) in [6.07, 6.45) is -1.04. The van der Waals surface area contributed by atoms with Gasteiger partial charge in [-0.2, -0.15) is 0 Å². The molecule has 0 aliphatic heterocycles. The molecule has 0 bridgehead atoms. The van der Waals surface area contributed by atoms with Crippen LogP contribution in [-0.2, 0) is 10.0 Å². The number of aliphatic hydroxyl groups is 1. The molecule has 0 saturated carbocycles. The number of phenols is 1. The number of rotatable bonds is 6. The molecular weight excluding hydrogens is 318 g/mol. The summed E-state index contributed by atoms with van der Waals surface area (Å²) in [6, 6.07) is 11.4. The van der Waals surface area contributed by atoms with Crippen molar-refractivity contribution in [2.75, 3.05) is 6.54 Å². The van der Waals surface area contributed by atoms with Gasteiger partial charge in [0.1, 0.15) is 11.6 Å². The second-order valence-corrected chi connectivity index (χ2v) is 6.66. The van der Waals surface area contributed by atoms with Crippen LogP contribution in [0.1, 0.15) is 17.2 Å². The molecule has 2 rings (SSSR count). The Morgan fingerprint density at radius 2 is 1.70 bits per heavy atom. The fourth-order valence-corrected chi connectivity index (χ4v) is 2.94. The summed E-state index contributed by atoms with van der Waals surface area (Å²) in [5.41, 5.74) is 6.22. The molecule has 0 fully saturated rings. The molecule has 2 aromatic rings. The van der Waals surface area contributed by atoms with Crippen LogP contribution >= 0.6 is 0 Å². The van der Waals surface area contributed by atoms with Crippen molar-refractivity contribution in [1.82, 2.24) is 4.72 Å². The van der Waals surface area contributed by atoms with E-state index in [-0.39, 0.29) is 23.0 Å². The van der Waals surface area contributed by atoms with Crippen LogP contribution in [0.3, 0.4) is 0 Å². The molecule has 0 aliphatic carbocycles. The van der Waals surface area contributed by atoms with Crippen molar-refractivity contribution in [2.24, 2.45) is 5.73 Å². The van der Waals surface area contributed by atoms with E-state index in [0.717, 1.165) is 0 Å². The minimum Gasteiger partial charge on any atom is -0.508 e. The summed E-state index contributed by atoms with van der Waals surface area (Å²) < 4.78 is 26.6. The third-order valence-electron chi connectivity index (χ3n) is 3.22. The van der Waals surface area contributed by atoms with Crippen molar-refractivity contribution >= 4 is 15.9 Å². The van der Waals surface area contributed by atoms with Gasteiger partial charge < -0.3 is 15.9 Å². The van der Waals surface area contributed by atoms with Crippen molar-refractivity contribution in [2.45, 2.75) is 11.0 Å². The molecule has 0 radical (unpaired) electrons. The fourth-order valence-electron chi connectivity index (χ4n) is 1.90. The topological polar surface area (TPSA) is 136 Å². The van der Waals surface area contributed by atoms with Crippen LogP contribution in [0.2, 0.25) is 0 Å². The first-order chi connectivity index (χ1) is 10.8. The van der Waals surface area contributed by atoms with Crippen molar-refractivity contribution in [3.05, 3.63) is 59.7 Å². The van der Waals surface area contributed by atoms with E-state index in [1.165, 1.54) is 48.5 Å². The van der Waals surface area contributed by atoms with E-state index in [4.69, 9.17) is 11.1 Å². The number of phenolic OH excluding ortho intramolecular Hbond substituents is 1. The van der Waals surface area contributed by atoms with E-state index in [2.05, 4.69) is 4.72 Å². The van der Waals surface area contributed by atoms with Gasteiger partial charge in [0.05, 0.1) is 11.0 Å². The second kappa shape index (κ2) is 6.78. The lowest BCUT2D eigenvalue weighted by Gasteiger charge is -2.13. The van der Waals surface area contributed by atoms with Crippen LogP contribution in [0.4, 0.5) is 0 Å². The van der Waals surface area contributed by atoms with Gasteiger partial charge in [-0.1, -0.05) is 12.1 Å². The van der Waals surface area contributed by atoms with Gasteiger partial charge >= 0.3 is 0 Å². The summed E-state index contributed by atoms with van der Waals surface area (Å²) in [6.45, 7) is -0.207. The smallest absolute Gasteiger partial charge is 0.240 e. The monoisotopic (exact) mass is 335 g/mol. The number of aromatic hydroxyl groups is 1. The minimum atomic E-state index is -3.78. The molecule has 0 heterocycles. The number of sulfonamides is 1. The summed E-state index contributed by atoms with van der Waals surface area (Å²) in [7, 11) is -3.78. The molecule has 7 nitrogen and oxygen atoms in total. The molecule has 0 aromatic heterocycles. The van der Waals surface area contributed by atoms with E-state index in [1.54, 1.807) is 0 Å². The average Bonchev–Trinajstić information content (AvgIpc) is 2.53. The van der Waals surface area contributed by atoms with Gasteiger partial charge in [-0.05, 0) is 42.0 Å². The average molecular weight is 335 g/mol. The molecule has 2 aromatic carbocycles. The standard InChI is InChI=1S/C15H17N3O4S/c16-15(17)11-3-7-13(8-4-11)23(21,22)18-9-14(20)10-1-5-12(19)6-2-10/h1-8,14,18-20H,9H2,(H3,16,17). The number of nitrogens with two attached hydrogens (primary N) is 1. The molecule has 0 amide bonds. The Kier molecular flexibility index (Phi) is 4.99. The van der Waals surface area contributed by atoms with Crippen molar-refractivity contribution in [3.63, 3.8) is 0 Å². The predicted octanol–water partition coefficient (Wildman–Crippen LogP) is 0.688. The second-order valence-electron chi connectivity index (χ2n) is 4.90. The van der Waals surface area contributed by atoms with Crippen LogP contribution < -0.4 is 10.5 Å². The minimum absolute atomic E-state index is 0.0143. The summed E-state index contributed by atoms with van der Waals surface area (Å²) in [5.74, 6) is -0.0863. The molecule has 0 aliphatic rings. The number of aliphatic hydroxyl groups excluding tert-OH is 1. The summed E-state index contributed by atoms with van der Waals surface area (Å²) in [4.78, 5) is 0.0143. The summed E-state index contributed by atoms with van der Waals surface area (Å²) in [5, 5.41) is 26.4. The van der Waals surface area contributed by atoms with Crippen LogP contribution in [0.25, 0.3) is 0 Å². The van der Waals surface area contributed by atoms with Gasteiger partial charge in [-0.25, -0.2) is 13.1 Å². The lowest BCUT2D eigenvalue weighted by molar-refractivity contribution is 0.182. The van der Waals surface area contributed by atoms with Gasteiger partial charge in [-0.15, -0.1) is 0 Å². The molecule has 122 valence electrons. The number of hydrogen-bond acceptors (Lipinski definition) is 5. The first-order valence-corrected chi connectivity index (χ1v) is 8.19. The molecular formula is C15H17N3O4S. The molecule has 0 saturated heterocycles. The Balaban J connectivity index is 2.06. The van der Waals surface area contributed by atoms with Crippen molar-refractivity contribution < 1.29 is 18.6 Å². The maximum absolute atomic E-state index is 12.2. The maximum atomic E-state index is 12.2. The highest BCUT2D eigenvalue weighted by Crippen LogP contribution is 2.17. The van der Waals surface area contributed by atoms with E-state index in [9.17, 15) is 18.6 Å². The molecule has 23 heavy (non-hydrogen) atoms. The van der Waals surface area contributed by atoms with Crippen LogP contribution in [0.15, 0.2) is 53.4 Å². The zero-order valence-corrected chi connectivity index (χ0v) is 12.9. The largest absolute Gasteiger partial charge is 0.508 e. The highest BCUT2D eigenvalue weighted by molar-refractivity contribution is 7.89. The normalized spacial score (nSPS) is 12.7. The number of hydrogen-bond donors (Lipinski definition) is 5. The molecule has 8 heteroatoms. The highest BCUT2D eigenvalue weighted by atomic mass is 32.2. The number of nitrogens with one attached hydrogen (secondary N) is 2. The molecule has 6 N–H and O–H groups in total. The molecule has 0 spiro atoms. The van der Waals surface area contributed by atoms with E-state index < -0.39 is 16.1 Å². The van der Waals surface area contributed by atoms with Gasteiger partial charge in [0.2, 0.25) is 10.0 Å². The van der Waals surface area contributed by atoms with Gasteiger partial charge in [-0.3, -0.25) is 5.41 Å². The van der Waals surface area contributed by atoms with Gasteiger partial charge in [0, 0.05) is 12.1 Å². The van der Waals surface area contributed by atoms with E-state index >= 15 is 0 Å². The molecule has 1 atom stereocenters. The highest BCUT2D eigenvalue weighted by Gasteiger charge is 2.17. The number of benzene rings is 2. The fraction of sp³-hybridized carbons (Fsp3) is 0.133. The third kappa shape index (κ3) is 4.28. The van der Waals surface area contributed by atoms with E-state index in [1.807, 2.05) is 0 Å². The zero-order chi connectivity index (χ0) is 17.0. The zero-order valence-electron chi connectivity index (χ0n) is 12.1. The maximum Gasteiger partial charge on any atom is 0.240 e. The Bertz CT molecular complexity index is 786. The Morgan fingerprint density at radius 3 is 2.22 bits per heavy atom. The SMILES string of the molecule is N=C(N)c1ccc(S(=O)(=O)NCC(O)c2ccc(O)cc2)cc1. The quantitative estimate of drug-likeness (QED) is 0.391. The lowest BCUT2D eigenvalue weighted by Crippen LogP contribution is -2.28. The van der Waals surface area contributed by atoms with Crippen LogP contribution in [0, 0.1) is 5.41 Å². The Hall–Kier alpha value is -2.42. The van der Waals surface area contributed by atoms with Crippen LogP contribution in [0.5, 0.6) is 5.75 Å². The number of nitrogen functional groups attached to an aromatic ring is 1. The summed E-state index contributed by atoms with van der Waals surface area (Å²) >= 11 is 0. The lowest BCUT2D eigenvalue weighted by atomic mass is 10.1. The van der Waals surface area contributed by atoms with E-state index in [0.29, 0.717) is 11.1 Å². The first-order valence-electron chi connectivity index (χ1n) is 6.71. The van der Waals surface area contributed by atoms with Gasteiger partial charge in [0.15, 0.2) is 0 Å². The molecule has 1 unspecified atom stereocenters. The predicted molar refractivity (Wildman–Crippen MR) is 85.7 cm³/mol. The number of amidine groups is 1. The van der Waals surface area contributed by atoms with Crippen LogP contribution in [-0.4, -0.2) is 31.0 Å². The van der Waals surface area contributed by atoms with Gasteiger partial charge in [0.25, 0.3) is 0 Å². The Morgan fingerprint density at radius 1 is 1.13 bits per heavy atom. The third-order valence-corrected chi connectivity index (χ3v) is 4.66. The first kappa shape index (κ1) is 16.9.